The monoisotopic (exact) mass is 258 g/mol. The van der Waals surface area contributed by atoms with Gasteiger partial charge in [0.05, 0.1) is 5.92 Å². The van der Waals surface area contributed by atoms with Crippen molar-refractivity contribution in [3.8, 4) is 0 Å². The van der Waals surface area contributed by atoms with E-state index in [1.807, 2.05) is 13.8 Å². The number of carbonyl (C=O) groups is 2. The Bertz CT molecular complexity index is 255. The summed E-state index contributed by atoms with van der Waals surface area (Å²) in [6.45, 7) is 4.83. The molecule has 1 unspecified atom stereocenters. The first kappa shape index (κ1) is 16.9. The predicted octanol–water partition coefficient (Wildman–Crippen LogP) is 1.37. The second-order valence-electron chi connectivity index (χ2n) is 5.07. The van der Waals surface area contributed by atoms with Crippen LogP contribution in [-0.2, 0) is 9.59 Å². The highest BCUT2D eigenvalue weighted by atomic mass is 16.4. The van der Waals surface area contributed by atoms with Gasteiger partial charge in [-0.05, 0) is 31.7 Å². The van der Waals surface area contributed by atoms with Crippen LogP contribution in [0.1, 0.15) is 46.0 Å². The number of hydrogen-bond acceptors (Lipinski definition) is 3. The van der Waals surface area contributed by atoms with Gasteiger partial charge in [-0.15, -0.1) is 0 Å². The number of unbranched alkanes of at least 4 members (excludes halogenated alkanes) is 2. The van der Waals surface area contributed by atoms with Gasteiger partial charge >= 0.3 is 5.97 Å². The molecule has 0 bridgehead atoms. The second-order valence-corrected chi connectivity index (χ2v) is 5.07. The number of carboxylic acids is 1. The molecule has 1 atom stereocenters. The van der Waals surface area contributed by atoms with E-state index < -0.39 is 11.9 Å². The summed E-state index contributed by atoms with van der Waals surface area (Å²) in [5.74, 6) is -1.08. The number of hydrogen-bond donors (Lipinski definition) is 3. The third-order valence-electron chi connectivity index (χ3n) is 2.76. The highest BCUT2D eigenvalue weighted by Gasteiger charge is 2.19. The smallest absolute Gasteiger partial charge is 0.308 e. The number of carboxylic acid groups (broad SMARTS) is 1. The molecule has 0 saturated carbocycles. The quantitative estimate of drug-likeness (QED) is 0.516. The molecule has 0 aromatic rings. The van der Waals surface area contributed by atoms with Crippen molar-refractivity contribution in [3.05, 3.63) is 0 Å². The van der Waals surface area contributed by atoms with Gasteiger partial charge in [0, 0.05) is 13.0 Å². The largest absolute Gasteiger partial charge is 0.481 e. The molecule has 4 N–H and O–H groups in total. The lowest BCUT2D eigenvalue weighted by atomic mass is 9.97. The average Bonchev–Trinajstić information content (AvgIpc) is 2.29. The van der Waals surface area contributed by atoms with Gasteiger partial charge in [0.1, 0.15) is 0 Å². The fourth-order valence-corrected chi connectivity index (χ4v) is 1.77. The van der Waals surface area contributed by atoms with Gasteiger partial charge < -0.3 is 16.2 Å². The number of rotatable bonds is 10. The van der Waals surface area contributed by atoms with E-state index in [-0.39, 0.29) is 12.5 Å². The van der Waals surface area contributed by atoms with Crippen molar-refractivity contribution in [1.82, 2.24) is 5.32 Å². The van der Waals surface area contributed by atoms with Crippen molar-refractivity contribution < 1.29 is 14.7 Å². The Morgan fingerprint density at radius 2 is 1.89 bits per heavy atom. The molecule has 0 aromatic heterocycles. The molecular weight excluding hydrogens is 232 g/mol. The van der Waals surface area contributed by atoms with Gasteiger partial charge in [0.25, 0.3) is 0 Å². The lowest BCUT2D eigenvalue weighted by Gasteiger charge is -2.15. The highest BCUT2D eigenvalue weighted by molar-refractivity contribution is 5.77. The van der Waals surface area contributed by atoms with E-state index in [0.717, 1.165) is 19.3 Å². The maximum atomic E-state index is 11.5. The van der Waals surface area contributed by atoms with Gasteiger partial charge in [-0.1, -0.05) is 20.3 Å². The Kier molecular flexibility index (Phi) is 9.28. The van der Waals surface area contributed by atoms with Crippen molar-refractivity contribution in [2.75, 3.05) is 13.1 Å². The summed E-state index contributed by atoms with van der Waals surface area (Å²) in [6, 6.07) is 0. The molecule has 1 amide bonds. The van der Waals surface area contributed by atoms with Gasteiger partial charge in [0.2, 0.25) is 5.91 Å². The van der Waals surface area contributed by atoms with Crippen LogP contribution in [0.15, 0.2) is 0 Å². The molecule has 5 nitrogen and oxygen atoms in total. The number of amides is 1. The van der Waals surface area contributed by atoms with E-state index in [0.29, 0.717) is 25.3 Å². The fourth-order valence-electron chi connectivity index (χ4n) is 1.77. The van der Waals surface area contributed by atoms with Crippen molar-refractivity contribution in [2.24, 2.45) is 17.6 Å². The summed E-state index contributed by atoms with van der Waals surface area (Å²) in [7, 11) is 0. The van der Waals surface area contributed by atoms with Crippen molar-refractivity contribution >= 4 is 11.9 Å². The first-order chi connectivity index (χ1) is 8.47. The highest BCUT2D eigenvalue weighted by Crippen LogP contribution is 2.11. The van der Waals surface area contributed by atoms with E-state index in [4.69, 9.17) is 10.8 Å². The molecule has 0 radical (unpaired) electrons. The average molecular weight is 258 g/mol. The third-order valence-corrected chi connectivity index (χ3v) is 2.76. The molecule has 0 fully saturated rings. The summed E-state index contributed by atoms with van der Waals surface area (Å²) in [4.78, 5) is 22.5. The molecule has 0 heterocycles. The van der Waals surface area contributed by atoms with Crippen LogP contribution >= 0.6 is 0 Å². The van der Waals surface area contributed by atoms with Crippen LogP contribution in [0.5, 0.6) is 0 Å². The van der Waals surface area contributed by atoms with Crippen LogP contribution < -0.4 is 11.1 Å². The molecule has 106 valence electrons. The van der Waals surface area contributed by atoms with Crippen molar-refractivity contribution in [1.29, 1.82) is 0 Å². The number of carbonyl (C=O) groups excluding carboxylic acids is 1. The molecule has 0 aliphatic carbocycles. The summed E-state index contributed by atoms with van der Waals surface area (Å²) in [5.41, 5.74) is 5.36. The zero-order valence-electron chi connectivity index (χ0n) is 11.4. The maximum Gasteiger partial charge on any atom is 0.308 e. The maximum absolute atomic E-state index is 11.5. The fraction of sp³-hybridized carbons (Fsp3) is 0.846. The zero-order valence-corrected chi connectivity index (χ0v) is 11.4. The first-order valence-corrected chi connectivity index (χ1v) is 6.67. The summed E-state index contributed by atoms with van der Waals surface area (Å²) in [5, 5.41) is 11.7. The molecule has 0 saturated heterocycles. The van der Waals surface area contributed by atoms with Crippen molar-refractivity contribution in [2.45, 2.75) is 46.0 Å². The van der Waals surface area contributed by atoms with Crippen LogP contribution in [-0.4, -0.2) is 30.1 Å². The van der Waals surface area contributed by atoms with Crippen LogP contribution in [0.4, 0.5) is 0 Å². The summed E-state index contributed by atoms with van der Waals surface area (Å²) < 4.78 is 0. The van der Waals surface area contributed by atoms with E-state index in [1.54, 1.807) is 0 Å². The SMILES string of the molecule is CC(C)CC(CNC(=O)CCCCCN)C(=O)O. The van der Waals surface area contributed by atoms with Crippen LogP contribution in [0.2, 0.25) is 0 Å². The molecular formula is C13H26N2O3. The zero-order chi connectivity index (χ0) is 14.0. The minimum Gasteiger partial charge on any atom is -0.481 e. The third kappa shape index (κ3) is 8.98. The molecule has 0 aliphatic heterocycles. The molecule has 0 spiro atoms. The molecule has 5 heteroatoms. The van der Waals surface area contributed by atoms with Gasteiger partial charge in [-0.3, -0.25) is 9.59 Å². The number of nitrogens with two attached hydrogens (primary N) is 1. The van der Waals surface area contributed by atoms with Gasteiger partial charge in [-0.25, -0.2) is 0 Å². The van der Waals surface area contributed by atoms with E-state index in [9.17, 15) is 9.59 Å². The lowest BCUT2D eigenvalue weighted by Crippen LogP contribution is -2.33. The summed E-state index contributed by atoms with van der Waals surface area (Å²) >= 11 is 0. The molecule has 0 aromatic carbocycles. The molecule has 0 aliphatic rings. The summed E-state index contributed by atoms with van der Waals surface area (Å²) in [6.07, 6.45) is 3.72. The lowest BCUT2D eigenvalue weighted by molar-refractivity contribution is -0.142. The van der Waals surface area contributed by atoms with Crippen molar-refractivity contribution in [3.63, 3.8) is 0 Å². The minimum absolute atomic E-state index is 0.0676. The topological polar surface area (TPSA) is 92.4 Å². The normalized spacial score (nSPS) is 12.4. The van der Waals surface area contributed by atoms with E-state index in [1.165, 1.54) is 0 Å². The first-order valence-electron chi connectivity index (χ1n) is 6.67. The van der Waals surface area contributed by atoms with Gasteiger partial charge in [0.15, 0.2) is 0 Å². The Labute approximate surface area is 109 Å². The number of nitrogens with one attached hydrogen (secondary N) is 1. The standard InChI is InChI=1S/C13H26N2O3/c1-10(2)8-11(13(17)18)9-15-12(16)6-4-3-5-7-14/h10-11H,3-9,14H2,1-2H3,(H,15,16)(H,17,18). The Morgan fingerprint density at radius 3 is 2.39 bits per heavy atom. The van der Waals surface area contributed by atoms with Crippen LogP contribution in [0.25, 0.3) is 0 Å². The Morgan fingerprint density at radius 1 is 1.22 bits per heavy atom. The Hall–Kier alpha value is -1.10. The van der Waals surface area contributed by atoms with Gasteiger partial charge in [-0.2, -0.15) is 0 Å². The van der Waals surface area contributed by atoms with E-state index >= 15 is 0 Å². The Balaban J connectivity index is 3.82. The van der Waals surface area contributed by atoms with E-state index in [2.05, 4.69) is 5.32 Å². The predicted molar refractivity (Wildman–Crippen MR) is 71.1 cm³/mol. The second kappa shape index (κ2) is 9.88. The molecule has 18 heavy (non-hydrogen) atoms. The van der Waals surface area contributed by atoms with Crippen LogP contribution in [0, 0.1) is 11.8 Å². The minimum atomic E-state index is -0.841. The molecule has 0 rings (SSSR count). The van der Waals surface area contributed by atoms with Crippen LogP contribution in [0.3, 0.4) is 0 Å². The number of aliphatic carboxylic acids is 1.